The summed E-state index contributed by atoms with van der Waals surface area (Å²) in [6.45, 7) is -0.200. The van der Waals surface area contributed by atoms with Gasteiger partial charge in [0.25, 0.3) is 11.6 Å². The van der Waals surface area contributed by atoms with Gasteiger partial charge in [-0.3, -0.25) is 19.9 Å². The molecule has 0 saturated carbocycles. The first-order valence-electron chi connectivity index (χ1n) is 6.45. The van der Waals surface area contributed by atoms with Crippen LogP contribution in [0.2, 0.25) is 0 Å². The molecule has 0 spiro atoms. The normalized spacial score (nSPS) is 10.7. The fraction of sp³-hybridized carbons (Fsp3) is 0.0667. The number of amides is 1. The minimum atomic E-state index is -0.555. The van der Waals surface area contributed by atoms with Crippen LogP contribution in [0.5, 0.6) is 5.75 Å². The van der Waals surface area contributed by atoms with Crippen LogP contribution in [0.25, 0.3) is 0 Å². The number of halogens is 1. The summed E-state index contributed by atoms with van der Waals surface area (Å²) in [5, 5.41) is 10.6. The summed E-state index contributed by atoms with van der Waals surface area (Å²) in [4.78, 5) is 25.0. The van der Waals surface area contributed by atoms with Crippen LogP contribution >= 0.6 is 15.9 Å². The maximum absolute atomic E-state index is 10.7. The number of carbonyl (C=O) groups excluding carboxylic acids is 1. The van der Waals surface area contributed by atoms with Gasteiger partial charge in [0.1, 0.15) is 5.75 Å². The van der Waals surface area contributed by atoms with Gasteiger partial charge in [-0.2, -0.15) is 0 Å². The van der Waals surface area contributed by atoms with Crippen molar-refractivity contribution in [1.82, 2.24) is 0 Å². The van der Waals surface area contributed by atoms with Gasteiger partial charge in [0, 0.05) is 18.3 Å². The highest BCUT2D eigenvalue weighted by molar-refractivity contribution is 9.10. The molecule has 2 rings (SSSR count). The fourth-order valence-corrected chi connectivity index (χ4v) is 2.18. The molecule has 2 aromatic rings. The van der Waals surface area contributed by atoms with E-state index < -0.39 is 10.8 Å². The summed E-state index contributed by atoms with van der Waals surface area (Å²) in [6.07, 6.45) is 1.61. The fourth-order valence-electron chi connectivity index (χ4n) is 1.67. The van der Waals surface area contributed by atoms with E-state index in [0.717, 1.165) is 5.56 Å². The number of hydrogen-bond acceptors (Lipinski definition) is 5. The molecule has 0 unspecified atom stereocenters. The number of primary amides is 1. The maximum Gasteiger partial charge on any atom is 0.269 e. The number of hydrogen-bond donors (Lipinski definition) is 1. The Morgan fingerprint density at radius 2 is 2.00 bits per heavy atom. The number of ether oxygens (including phenoxy) is 1. The van der Waals surface area contributed by atoms with Gasteiger partial charge in [-0.15, -0.1) is 0 Å². The van der Waals surface area contributed by atoms with Gasteiger partial charge in [-0.05, 0) is 51.8 Å². The average Bonchev–Trinajstić information content (AvgIpc) is 2.52. The average molecular weight is 378 g/mol. The van der Waals surface area contributed by atoms with E-state index in [-0.39, 0.29) is 12.3 Å². The first kappa shape index (κ1) is 16.6. The lowest BCUT2D eigenvalue weighted by atomic mass is 10.2. The molecule has 0 aromatic heterocycles. The van der Waals surface area contributed by atoms with Crippen LogP contribution in [-0.2, 0) is 4.79 Å². The molecule has 0 heterocycles. The Morgan fingerprint density at radius 3 is 2.57 bits per heavy atom. The van der Waals surface area contributed by atoms with Gasteiger partial charge < -0.3 is 10.5 Å². The van der Waals surface area contributed by atoms with E-state index >= 15 is 0 Å². The second-order valence-electron chi connectivity index (χ2n) is 4.48. The van der Waals surface area contributed by atoms with Crippen molar-refractivity contribution in [2.75, 3.05) is 6.61 Å². The lowest BCUT2D eigenvalue weighted by Gasteiger charge is -2.06. The van der Waals surface area contributed by atoms with Crippen LogP contribution in [0.4, 0.5) is 11.4 Å². The summed E-state index contributed by atoms with van der Waals surface area (Å²) in [5.74, 6) is -0.0583. The predicted octanol–water partition coefficient (Wildman–Crippen LogP) is 2.97. The molecule has 23 heavy (non-hydrogen) atoms. The number of nitrogens with zero attached hydrogens (tertiary/aromatic N) is 2. The van der Waals surface area contributed by atoms with Gasteiger partial charge in [0.05, 0.1) is 15.1 Å². The minimum Gasteiger partial charge on any atom is -0.483 e. The Balaban J connectivity index is 2.08. The van der Waals surface area contributed by atoms with Crippen molar-refractivity contribution in [3.05, 3.63) is 62.6 Å². The molecule has 8 heteroatoms. The molecule has 7 nitrogen and oxygen atoms in total. The Labute approximate surface area is 140 Å². The molecule has 0 aliphatic heterocycles. The second kappa shape index (κ2) is 7.50. The first-order chi connectivity index (χ1) is 11.0. The zero-order valence-electron chi connectivity index (χ0n) is 11.8. The van der Waals surface area contributed by atoms with E-state index in [4.69, 9.17) is 10.5 Å². The largest absolute Gasteiger partial charge is 0.483 e. The molecular weight excluding hydrogens is 366 g/mol. The minimum absolute atomic E-state index is 0.0163. The molecule has 118 valence electrons. The lowest BCUT2D eigenvalue weighted by molar-refractivity contribution is -0.384. The highest BCUT2D eigenvalue weighted by Gasteiger charge is 2.05. The van der Waals surface area contributed by atoms with Crippen molar-refractivity contribution >= 4 is 39.4 Å². The SMILES string of the molecule is NC(=O)COc1ccc(C=Nc2ccc([N+](=O)[O-])cc2)cc1Br. The molecule has 0 aliphatic rings. The molecule has 0 saturated heterocycles. The lowest BCUT2D eigenvalue weighted by Crippen LogP contribution is -2.20. The number of benzene rings is 2. The van der Waals surface area contributed by atoms with Gasteiger partial charge in [0.15, 0.2) is 6.61 Å². The molecule has 0 atom stereocenters. The summed E-state index contributed by atoms with van der Waals surface area (Å²) >= 11 is 3.34. The third kappa shape index (κ3) is 4.89. The molecular formula is C15H12BrN3O4. The molecule has 0 fully saturated rings. The number of aliphatic imine (C=N–C) groups is 1. The van der Waals surface area contributed by atoms with Crippen LogP contribution < -0.4 is 10.5 Å². The summed E-state index contributed by atoms with van der Waals surface area (Å²) in [6, 6.07) is 11.1. The van der Waals surface area contributed by atoms with Crippen molar-refractivity contribution in [2.24, 2.45) is 10.7 Å². The quantitative estimate of drug-likeness (QED) is 0.474. The third-order valence-corrected chi connectivity index (χ3v) is 3.37. The van der Waals surface area contributed by atoms with Crippen molar-refractivity contribution < 1.29 is 14.5 Å². The van der Waals surface area contributed by atoms with Crippen molar-refractivity contribution in [3.63, 3.8) is 0 Å². The van der Waals surface area contributed by atoms with Gasteiger partial charge in [0.2, 0.25) is 0 Å². The van der Waals surface area contributed by atoms with Crippen LogP contribution in [0.1, 0.15) is 5.56 Å². The van der Waals surface area contributed by atoms with E-state index in [1.165, 1.54) is 12.1 Å². The molecule has 0 radical (unpaired) electrons. The number of rotatable bonds is 6. The molecule has 1 amide bonds. The Kier molecular flexibility index (Phi) is 5.42. The van der Waals surface area contributed by atoms with Crippen LogP contribution in [0.3, 0.4) is 0 Å². The van der Waals surface area contributed by atoms with Crippen molar-refractivity contribution in [2.45, 2.75) is 0 Å². The van der Waals surface area contributed by atoms with Gasteiger partial charge in [-0.25, -0.2) is 0 Å². The molecule has 2 aromatic carbocycles. The number of nitrogens with two attached hydrogens (primary N) is 1. The zero-order chi connectivity index (χ0) is 16.8. The summed E-state index contributed by atoms with van der Waals surface area (Å²) in [5.41, 5.74) is 6.43. The standard InChI is InChI=1S/C15H12BrN3O4/c16-13-7-10(1-6-14(13)23-9-15(17)20)8-18-11-2-4-12(5-3-11)19(21)22/h1-8H,9H2,(H2,17,20). The number of non-ortho nitro benzene ring substituents is 1. The third-order valence-electron chi connectivity index (χ3n) is 2.75. The van der Waals surface area contributed by atoms with E-state index in [1.807, 2.05) is 0 Å². The Bertz CT molecular complexity index is 760. The Morgan fingerprint density at radius 1 is 1.30 bits per heavy atom. The van der Waals surface area contributed by atoms with Crippen LogP contribution in [0.15, 0.2) is 51.9 Å². The number of carbonyl (C=O) groups is 1. The van der Waals surface area contributed by atoms with Gasteiger partial charge in [-0.1, -0.05) is 0 Å². The number of nitro benzene ring substituents is 1. The van der Waals surface area contributed by atoms with Crippen LogP contribution in [0, 0.1) is 10.1 Å². The van der Waals surface area contributed by atoms with Crippen molar-refractivity contribution in [1.29, 1.82) is 0 Å². The summed E-state index contributed by atoms with van der Waals surface area (Å²) < 4.78 is 5.88. The Hall–Kier alpha value is -2.74. The smallest absolute Gasteiger partial charge is 0.269 e. The molecule has 2 N–H and O–H groups in total. The highest BCUT2D eigenvalue weighted by Crippen LogP contribution is 2.26. The predicted molar refractivity (Wildman–Crippen MR) is 89.2 cm³/mol. The second-order valence-corrected chi connectivity index (χ2v) is 5.33. The highest BCUT2D eigenvalue weighted by atomic mass is 79.9. The van der Waals surface area contributed by atoms with E-state index in [2.05, 4.69) is 20.9 Å². The zero-order valence-corrected chi connectivity index (χ0v) is 13.4. The van der Waals surface area contributed by atoms with E-state index in [9.17, 15) is 14.9 Å². The van der Waals surface area contributed by atoms with E-state index in [1.54, 1.807) is 36.5 Å². The molecule has 0 bridgehead atoms. The van der Waals surface area contributed by atoms with Crippen molar-refractivity contribution in [3.8, 4) is 5.75 Å². The number of nitro groups is 1. The van der Waals surface area contributed by atoms with Gasteiger partial charge >= 0.3 is 0 Å². The van der Waals surface area contributed by atoms with Crippen LogP contribution in [-0.4, -0.2) is 23.7 Å². The first-order valence-corrected chi connectivity index (χ1v) is 7.24. The summed E-state index contributed by atoms with van der Waals surface area (Å²) in [7, 11) is 0. The molecule has 0 aliphatic carbocycles. The topological polar surface area (TPSA) is 108 Å². The maximum atomic E-state index is 10.7. The monoisotopic (exact) mass is 377 g/mol. The van der Waals surface area contributed by atoms with E-state index in [0.29, 0.717) is 15.9 Å².